The van der Waals surface area contributed by atoms with Crippen LogP contribution in [0, 0.1) is 0 Å². The maximum atomic E-state index is 12.2. The van der Waals surface area contributed by atoms with Crippen molar-refractivity contribution in [1.29, 1.82) is 0 Å². The molecule has 1 aromatic carbocycles. The minimum Gasteiger partial charge on any atom is -0.396 e. The minimum atomic E-state index is 0.0688. The van der Waals surface area contributed by atoms with Gasteiger partial charge in [-0.1, -0.05) is 26.0 Å². The van der Waals surface area contributed by atoms with Crippen molar-refractivity contribution in [3.63, 3.8) is 0 Å². The fourth-order valence-corrected chi connectivity index (χ4v) is 1.97. The molecule has 1 N–H and O–H groups in total. The Kier molecular flexibility index (Phi) is 6.57. The number of hydrogen-bond acceptors (Lipinski definition) is 2. The lowest BCUT2D eigenvalue weighted by Gasteiger charge is -2.17. The van der Waals surface area contributed by atoms with Crippen molar-refractivity contribution in [2.24, 2.45) is 0 Å². The highest BCUT2D eigenvalue weighted by Gasteiger charge is 2.11. The molecular formula is C16H25NO2. The summed E-state index contributed by atoms with van der Waals surface area (Å²) >= 11 is 0. The van der Waals surface area contributed by atoms with E-state index in [4.69, 9.17) is 5.11 Å². The number of aliphatic hydroxyl groups is 1. The summed E-state index contributed by atoms with van der Waals surface area (Å²) in [5, 5.41) is 8.71. The van der Waals surface area contributed by atoms with Gasteiger partial charge in [-0.05, 0) is 42.9 Å². The van der Waals surface area contributed by atoms with E-state index in [0.29, 0.717) is 5.92 Å². The number of rotatable bonds is 7. The normalized spacial score (nSPS) is 10.8. The summed E-state index contributed by atoms with van der Waals surface area (Å²) in [6.45, 7) is 5.26. The molecule has 0 bridgehead atoms. The highest BCUT2D eigenvalue weighted by atomic mass is 16.2. The SMILES string of the molecule is CC(C)c1ccc(C(=O)N(C)CCCCCO)cc1. The third kappa shape index (κ3) is 5.03. The molecule has 0 saturated heterocycles. The third-order valence-corrected chi connectivity index (χ3v) is 3.32. The number of carbonyl (C=O) groups excluding carboxylic acids is 1. The monoisotopic (exact) mass is 263 g/mol. The highest BCUT2D eigenvalue weighted by molar-refractivity contribution is 5.94. The van der Waals surface area contributed by atoms with Gasteiger partial charge < -0.3 is 10.0 Å². The Morgan fingerprint density at radius 1 is 1.16 bits per heavy atom. The van der Waals surface area contributed by atoms with E-state index in [0.717, 1.165) is 31.4 Å². The van der Waals surface area contributed by atoms with Crippen LogP contribution in [0.3, 0.4) is 0 Å². The first-order valence-electron chi connectivity index (χ1n) is 7.02. The van der Waals surface area contributed by atoms with Crippen molar-refractivity contribution in [3.8, 4) is 0 Å². The molecule has 1 rings (SSSR count). The van der Waals surface area contributed by atoms with Crippen LogP contribution in [0.25, 0.3) is 0 Å². The first-order valence-corrected chi connectivity index (χ1v) is 7.02. The Labute approximate surface area is 116 Å². The zero-order valence-corrected chi connectivity index (χ0v) is 12.2. The molecule has 0 heterocycles. The second-order valence-electron chi connectivity index (χ2n) is 5.29. The molecule has 0 aliphatic rings. The van der Waals surface area contributed by atoms with E-state index in [1.165, 1.54) is 5.56 Å². The summed E-state index contributed by atoms with van der Waals surface area (Å²) in [4.78, 5) is 13.9. The molecule has 19 heavy (non-hydrogen) atoms. The van der Waals surface area contributed by atoms with Crippen molar-refractivity contribution >= 4 is 5.91 Å². The van der Waals surface area contributed by atoms with E-state index in [1.54, 1.807) is 4.90 Å². The van der Waals surface area contributed by atoms with Crippen LogP contribution < -0.4 is 0 Å². The van der Waals surface area contributed by atoms with Gasteiger partial charge in [0, 0.05) is 25.8 Å². The fourth-order valence-electron chi connectivity index (χ4n) is 1.97. The molecule has 0 aliphatic heterocycles. The Morgan fingerprint density at radius 2 is 1.79 bits per heavy atom. The summed E-state index contributed by atoms with van der Waals surface area (Å²) in [6.07, 6.45) is 2.71. The van der Waals surface area contributed by atoms with Gasteiger partial charge in [-0.3, -0.25) is 4.79 Å². The van der Waals surface area contributed by atoms with Crippen LogP contribution >= 0.6 is 0 Å². The molecule has 0 unspecified atom stereocenters. The lowest BCUT2D eigenvalue weighted by atomic mass is 10.0. The molecule has 0 fully saturated rings. The van der Waals surface area contributed by atoms with Gasteiger partial charge in [-0.15, -0.1) is 0 Å². The van der Waals surface area contributed by atoms with Gasteiger partial charge in [0.05, 0.1) is 0 Å². The van der Waals surface area contributed by atoms with Crippen LogP contribution in [0.5, 0.6) is 0 Å². The lowest BCUT2D eigenvalue weighted by Crippen LogP contribution is -2.27. The minimum absolute atomic E-state index is 0.0688. The summed E-state index contributed by atoms with van der Waals surface area (Å²) in [5.41, 5.74) is 2.00. The number of benzene rings is 1. The maximum Gasteiger partial charge on any atom is 0.253 e. The van der Waals surface area contributed by atoms with Gasteiger partial charge in [-0.2, -0.15) is 0 Å². The molecule has 0 spiro atoms. The summed E-state index contributed by atoms with van der Waals surface area (Å²) < 4.78 is 0. The Morgan fingerprint density at radius 3 is 2.32 bits per heavy atom. The Hall–Kier alpha value is -1.35. The zero-order chi connectivity index (χ0) is 14.3. The van der Waals surface area contributed by atoms with Crippen LogP contribution in [0.2, 0.25) is 0 Å². The molecule has 0 atom stereocenters. The van der Waals surface area contributed by atoms with Crippen molar-refractivity contribution in [2.75, 3.05) is 20.2 Å². The van der Waals surface area contributed by atoms with Crippen molar-refractivity contribution in [2.45, 2.75) is 39.0 Å². The number of carbonyl (C=O) groups is 1. The number of nitrogens with zero attached hydrogens (tertiary/aromatic N) is 1. The quantitative estimate of drug-likeness (QED) is 0.768. The van der Waals surface area contributed by atoms with E-state index in [-0.39, 0.29) is 12.5 Å². The molecule has 0 saturated carbocycles. The molecule has 0 aromatic heterocycles. The number of hydrogen-bond donors (Lipinski definition) is 1. The van der Waals surface area contributed by atoms with Crippen LogP contribution in [0.1, 0.15) is 54.9 Å². The number of unbranched alkanes of at least 4 members (excludes halogenated alkanes) is 2. The van der Waals surface area contributed by atoms with Crippen LogP contribution in [-0.4, -0.2) is 36.1 Å². The van der Waals surface area contributed by atoms with Crippen molar-refractivity contribution in [1.82, 2.24) is 4.90 Å². The van der Waals surface area contributed by atoms with Gasteiger partial charge in [0.25, 0.3) is 5.91 Å². The predicted molar refractivity (Wildman–Crippen MR) is 78.4 cm³/mol. The van der Waals surface area contributed by atoms with Crippen LogP contribution in [0.4, 0.5) is 0 Å². The number of aliphatic hydroxyl groups excluding tert-OH is 1. The van der Waals surface area contributed by atoms with E-state index in [2.05, 4.69) is 13.8 Å². The second kappa shape index (κ2) is 7.95. The first-order chi connectivity index (χ1) is 9.06. The van der Waals surface area contributed by atoms with Crippen molar-refractivity contribution < 1.29 is 9.90 Å². The first kappa shape index (κ1) is 15.7. The van der Waals surface area contributed by atoms with Gasteiger partial charge in [0.1, 0.15) is 0 Å². The van der Waals surface area contributed by atoms with Gasteiger partial charge >= 0.3 is 0 Å². The topological polar surface area (TPSA) is 40.5 Å². The Bertz CT molecular complexity index is 384. The zero-order valence-electron chi connectivity index (χ0n) is 12.2. The van der Waals surface area contributed by atoms with E-state index in [1.807, 2.05) is 31.3 Å². The van der Waals surface area contributed by atoms with E-state index < -0.39 is 0 Å². The average molecular weight is 263 g/mol. The van der Waals surface area contributed by atoms with Gasteiger partial charge in [0.2, 0.25) is 0 Å². The van der Waals surface area contributed by atoms with E-state index >= 15 is 0 Å². The standard InChI is InChI=1S/C16H25NO2/c1-13(2)14-7-9-15(10-8-14)16(19)17(3)11-5-4-6-12-18/h7-10,13,18H,4-6,11-12H2,1-3H3. The average Bonchev–Trinajstić information content (AvgIpc) is 2.42. The molecular weight excluding hydrogens is 238 g/mol. The fraction of sp³-hybridized carbons (Fsp3) is 0.562. The molecule has 3 nitrogen and oxygen atoms in total. The highest BCUT2D eigenvalue weighted by Crippen LogP contribution is 2.15. The molecule has 1 amide bonds. The lowest BCUT2D eigenvalue weighted by molar-refractivity contribution is 0.0792. The van der Waals surface area contributed by atoms with Crippen molar-refractivity contribution in [3.05, 3.63) is 35.4 Å². The molecule has 0 aliphatic carbocycles. The molecule has 3 heteroatoms. The third-order valence-electron chi connectivity index (χ3n) is 3.32. The number of amides is 1. The van der Waals surface area contributed by atoms with Crippen LogP contribution in [0.15, 0.2) is 24.3 Å². The molecule has 0 radical (unpaired) electrons. The molecule has 1 aromatic rings. The Balaban J connectivity index is 2.51. The second-order valence-corrected chi connectivity index (χ2v) is 5.29. The van der Waals surface area contributed by atoms with Crippen LogP contribution in [-0.2, 0) is 0 Å². The van der Waals surface area contributed by atoms with Gasteiger partial charge in [0.15, 0.2) is 0 Å². The molecule has 106 valence electrons. The summed E-state index contributed by atoms with van der Waals surface area (Å²) in [7, 11) is 1.83. The van der Waals surface area contributed by atoms with Gasteiger partial charge in [-0.25, -0.2) is 0 Å². The maximum absolute atomic E-state index is 12.2. The smallest absolute Gasteiger partial charge is 0.253 e. The summed E-state index contributed by atoms with van der Waals surface area (Å²) in [6, 6.07) is 7.86. The summed E-state index contributed by atoms with van der Waals surface area (Å²) in [5.74, 6) is 0.555. The largest absolute Gasteiger partial charge is 0.396 e. The predicted octanol–water partition coefficient (Wildman–Crippen LogP) is 3.04. The van der Waals surface area contributed by atoms with E-state index in [9.17, 15) is 4.79 Å².